The van der Waals surface area contributed by atoms with E-state index in [2.05, 4.69) is 5.32 Å². The van der Waals surface area contributed by atoms with E-state index in [1.165, 1.54) is 0 Å². The van der Waals surface area contributed by atoms with E-state index in [9.17, 15) is 4.79 Å². The number of carbonyl (C=O) groups excluding carboxylic acids is 1. The Morgan fingerprint density at radius 3 is 2.45 bits per heavy atom. The summed E-state index contributed by atoms with van der Waals surface area (Å²) in [5.74, 6) is 0.448. The fourth-order valence-corrected chi connectivity index (χ4v) is 0.702. The third-order valence-corrected chi connectivity index (χ3v) is 1.94. The first-order valence-corrected chi connectivity index (χ1v) is 4.11. The highest BCUT2D eigenvalue weighted by Gasteiger charge is 2.11. The molecule has 0 aliphatic rings. The van der Waals surface area contributed by atoms with Gasteiger partial charge in [0.05, 0.1) is 0 Å². The van der Waals surface area contributed by atoms with Gasteiger partial charge in [0.25, 0.3) is 0 Å². The number of hydrogen-bond acceptors (Lipinski definition) is 2. The van der Waals surface area contributed by atoms with Gasteiger partial charge in [-0.1, -0.05) is 13.8 Å². The maximum Gasteiger partial charge on any atom is 0.219 e. The normalized spacial score (nSPS) is 15.6. The molecule has 0 aliphatic heterocycles. The molecule has 0 radical (unpaired) electrons. The summed E-state index contributed by atoms with van der Waals surface area (Å²) in [7, 11) is 0. The Bertz CT molecular complexity index is 125. The fraction of sp³-hybridized carbons (Fsp3) is 0.875. The van der Waals surface area contributed by atoms with Gasteiger partial charge in [-0.25, -0.2) is 0 Å². The van der Waals surface area contributed by atoms with Crippen molar-refractivity contribution >= 4 is 5.91 Å². The second kappa shape index (κ2) is 5.13. The molecule has 3 N–H and O–H groups in total. The van der Waals surface area contributed by atoms with Crippen LogP contribution in [0.25, 0.3) is 0 Å². The Hall–Kier alpha value is -0.570. The van der Waals surface area contributed by atoms with Gasteiger partial charge in [-0.3, -0.25) is 4.79 Å². The summed E-state index contributed by atoms with van der Waals surface area (Å²) >= 11 is 0. The molecule has 0 fully saturated rings. The molecule has 2 unspecified atom stereocenters. The van der Waals surface area contributed by atoms with E-state index in [4.69, 9.17) is 5.73 Å². The van der Waals surface area contributed by atoms with Crippen LogP contribution < -0.4 is 11.1 Å². The van der Waals surface area contributed by atoms with Gasteiger partial charge >= 0.3 is 0 Å². The molecule has 11 heavy (non-hydrogen) atoms. The van der Waals surface area contributed by atoms with Gasteiger partial charge in [-0.15, -0.1) is 0 Å². The zero-order chi connectivity index (χ0) is 8.85. The van der Waals surface area contributed by atoms with Gasteiger partial charge in [0, 0.05) is 12.5 Å². The maximum absolute atomic E-state index is 10.9. The summed E-state index contributed by atoms with van der Waals surface area (Å²) in [4.78, 5) is 10.9. The molecule has 0 aliphatic carbocycles. The SMILES string of the molecule is CCC(=O)NC(C)C(C)CN. The zero-order valence-corrected chi connectivity index (χ0v) is 7.55. The first kappa shape index (κ1) is 10.4. The minimum Gasteiger partial charge on any atom is -0.353 e. The van der Waals surface area contributed by atoms with Gasteiger partial charge < -0.3 is 11.1 Å². The summed E-state index contributed by atoms with van der Waals surface area (Å²) in [6, 6.07) is 0.187. The number of hydrogen-bond donors (Lipinski definition) is 2. The van der Waals surface area contributed by atoms with Gasteiger partial charge in [-0.05, 0) is 19.4 Å². The number of nitrogens with one attached hydrogen (secondary N) is 1. The van der Waals surface area contributed by atoms with Crippen LogP contribution in [-0.2, 0) is 4.79 Å². The first-order valence-electron chi connectivity index (χ1n) is 4.11. The number of carbonyl (C=O) groups is 1. The van der Waals surface area contributed by atoms with Crippen LogP contribution >= 0.6 is 0 Å². The van der Waals surface area contributed by atoms with Crippen LogP contribution in [0.4, 0.5) is 0 Å². The standard InChI is InChI=1S/C8H18N2O/c1-4-8(11)10-7(3)6(2)5-9/h6-7H,4-5,9H2,1-3H3,(H,10,11). The highest BCUT2D eigenvalue weighted by Crippen LogP contribution is 1.99. The van der Waals surface area contributed by atoms with E-state index in [1.54, 1.807) is 0 Å². The molecular weight excluding hydrogens is 140 g/mol. The fourth-order valence-electron chi connectivity index (χ4n) is 0.702. The van der Waals surface area contributed by atoms with Crippen LogP contribution in [-0.4, -0.2) is 18.5 Å². The molecule has 0 bridgehead atoms. The second-order valence-corrected chi connectivity index (χ2v) is 2.92. The van der Waals surface area contributed by atoms with Crippen LogP contribution in [0.5, 0.6) is 0 Å². The van der Waals surface area contributed by atoms with Gasteiger partial charge in [0.2, 0.25) is 5.91 Å². The largest absolute Gasteiger partial charge is 0.353 e. The van der Waals surface area contributed by atoms with Crippen LogP contribution in [0.2, 0.25) is 0 Å². The molecular formula is C8H18N2O. The predicted octanol–water partition coefficient (Wildman–Crippen LogP) is 0.496. The van der Waals surface area contributed by atoms with Gasteiger partial charge in [-0.2, -0.15) is 0 Å². The summed E-state index contributed by atoms with van der Waals surface area (Å²) in [6.07, 6.45) is 0.543. The van der Waals surface area contributed by atoms with E-state index in [1.807, 2.05) is 20.8 Å². The Balaban J connectivity index is 3.67. The van der Waals surface area contributed by atoms with Gasteiger partial charge in [0.1, 0.15) is 0 Å². The lowest BCUT2D eigenvalue weighted by atomic mass is 10.0. The lowest BCUT2D eigenvalue weighted by molar-refractivity contribution is -0.121. The van der Waals surface area contributed by atoms with Crippen molar-refractivity contribution in [2.45, 2.75) is 33.2 Å². The molecule has 0 heterocycles. The summed E-state index contributed by atoms with van der Waals surface area (Å²) in [6.45, 7) is 6.46. The van der Waals surface area contributed by atoms with Crippen molar-refractivity contribution in [3.8, 4) is 0 Å². The Morgan fingerprint density at radius 1 is 1.55 bits per heavy atom. The van der Waals surface area contributed by atoms with Crippen molar-refractivity contribution in [2.24, 2.45) is 11.7 Å². The molecule has 0 aromatic carbocycles. The summed E-state index contributed by atoms with van der Waals surface area (Å²) in [5, 5.41) is 2.86. The molecule has 66 valence electrons. The average molecular weight is 158 g/mol. The third kappa shape index (κ3) is 3.98. The predicted molar refractivity (Wildman–Crippen MR) is 46.1 cm³/mol. The molecule has 3 nitrogen and oxygen atoms in total. The van der Waals surface area contributed by atoms with Crippen molar-refractivity contribution in [1.82, 2.24) is 5.32 Å². The van der Waals surface area contributed by atoms with E-state index < -0.39 is 0 Å². The maximum atomic E-state index is 10.9. The van der Waals surface area contributed by atoms with E-state index in [0.717, 1.165) is 0 Å². The van der Waals surface area contributed by atoms with E-state index in [0.29, 0.717) is 18.9 Å². The van der Waals surface area contributed by atoms with Crippen LogP contribution in [0.1, 0.15) is 27.2 Å². The Morgan fingerprint density at radius 2 is 2.09 bits per heavy atom. The van der Waals surface area contributed by atoms with Crippen LogP contribution in [0.3, 0.4) is 0 Å². The topological polar surface area (TPSA) is 55.1 Å². The minimum atomic E-state index is 0.0952. The van der Waals surface area contributed by atoms with Crippen molar-refractivity contribution in [3.05, 3.63) is 0 Å². The van der Waals surface area contributed by atoms with Crippen LogP contribution in [0.15, 0.2) is 0 Å². The number of rotatable bonds is 4. The second-order valence-electron chi connectivity index (χ2n) is 2.92. The molecule has 0 saturated carbocycles. The highest BCUT2D eigenvalue weighted by atomic mass is 16.1. The molecule has 0 aromatic heterocycles. The Labute approximate surface area is 68.3 Å². The monoisotopic (exact) mass is 158 g/mol. The molecule has 0 spiro atoms. The van der Waals surface area contributed by atoms with E-state index >= 15 is 0 Å². The lowest BCUT2D eigenvalue weighted by Gasteiger charge is -2.18. The molecule has 3 heteroatoms. The third-order valence-electron chi connectivity index (χ3n) is 1.94. The van der Waals surface area contributed by atoms with Crippen molar-refractivity contribution < 1.29 is 4.79 Å². The quantitative estimate of drug-likeness (QED) is 0.626. The first-order chi connectivity index (χ1) is 5.11. The average Bonchev–Trinajstić information content (AvgIpc) is 2.02. The molecule has 0 saturated heterocycles. The zero-order valence-electron chi connectivity index (χ0n) is 7.55. The molecule has 1 amide bonds. The van der Waals surface area contributed by atoms with E-state index in [-0.39, 0.29) is 11.9 Å². The molecule has 0 aromatic rings. The smallest absolute Gasteiger partial charge is 0.219 e. The van der Waals surface area contributed by atoms with Gasteiger partial charge in [0.15, 0.2) is 0 Å². The minimum absolute atomic E-state index is 0.0952. The number of amides is 1. The Kier molecular flexibility index (Phi) is 4.86. The lowest BCUT2D eigenvalue weighted by Crippen LogP contribution is -2.39. The molecule has 2 atom stereocenters. The highest BCUT2D eigenvalue weighted by molar-refractivity contribution is 5.75. The van der Waals surface area contributed by atoms with Crippen LogP contribution in [0, 0.1) is 5.92 Å². The summed E-state index contributed by atoms with van der Waals surface area (Å²) < 4.78 is 0. The van der Waals surface area contributed by atoms with Crippen molar-refractivity contribution in [1.29, 1.82) is 0 Å². The summed E-state index contributed by atoms with van der Waals surface area (Å²) in [5.41, 5.74) is 5.44. The molecule has 0 rings (SSSR count). The van der Waals surface area contributed by atoms with Crippen molar-refractivity contribution in [3.63, 3.8) is 0 Å². The van der Waals surface area contributed by atoms with Crippen molar-refractivity contribution in [2.75, 3.05) is 6.54 Å². The number of nitrogens with two attached hydrogens (primary N) is 1.